The van der Waals surface area contributed by atoms with Crippen molar-refractivity contribution in [3.63, 3.8) is 0 Å². The zero-order chi connectivity index (χ0) is 15.7. The van der Waals surface area contributed by atoms with Gasteiger partial charge in [0.2, 0.25) is 0 Å². The van der Waals surface area contributed by atoms with E-state index in [-0.39, 0.29) is 6.10 Å². The van der Waals surface area contributed by atoms with Crippen LogP contribution < -0.4 is 5.63 Å². The topological polar surface area (TPSA) is 56.5 Å². The lowest BCUT2D eigenvalue weighted by Crippen LogP contribution is -2.12. The van der Waals surface area contributed by atoms with Gasteiger partial charge in [0.05, 0.1) is 10.6 Å². The molecule has 0 aliphatic carbocycles. The molecule has 0 aliphatic heterocycles. The maximum atomic E-state index is 11.4. The first kappa shape index (κ1) is 17.3. The summed E-state index contributed by atoms with van der Waals surface area (Å²) >= 11 is 3.22. The molecule has 0 aromatic carbocycles. The standard InChI is InChI=1S/C16H17BrO4/c1-3-15(18)21-12(2)8-6-4-5-7-9-13-10-14(17)11-20-16(13)19/h3,10-12H,1,4-6,8H2,2H3/t12-/m1/s1. The van der Waals surface area contributed by atoms with E-state index in [1.165, 1.54) is 6.26 Å². The Morgan fingerprint density at radius 3 is 3.05 bits per heavy atom. The summed E-state index contributed by atoms with van der Waals surface area (Å²) in [5.74, 6) is 5.34. The van der Waals surface area contributed by atoms with E-state index < -0.39 is 11.6 Å². The summed E-state index contributed by atoms with van der Waals surface area (Å²) < 4.78 is 10.5. The van der Waals surface area contributed by atoms with Crippen molar-refractivity contribution in [3.8, 4) is 11.8 Å². The molecule has 0 spiro atoms. The molecular weight excluding hydrogens is 336 g/mol. The van der Waals surface area contributed by atoms with E-state index in [2.05, 4.69) is 34.3 Å². The highest BCUT2D eigenvalue weighted by Crippen LogP contribution is 2.08. The molecule has 0 unspecified atom stereocenters. The predicted molar refractivity (Wildman–Crippen MR) is 83.8 cm³/mol. The van der Waals surface area contributed by atoms with Gasteiger partial charge in [0.1, 0.15) is 11.8 Å². The molecule has 1 heterocycles. The number of hydrogen-bond donors (Lipinski definition) is 0. The minimum atomic E-state index is -0.435. The highest BCUT2D eigenvalue weighted by Gasteiger charge is 2.05. The Hall–Kier alpha value is -1.80. The van der Waals surface area contributed by atoms with Gasteiger partial charge in [-0.05, 0) is 48.2 Å². The van der Waals surface area contributed by atoms with Crippen molar-refractivity contribution < 1.29 is 13.9 Å². The van der Waals surface area contributed by atoms with Crippen molar-refractivity contribution in [2.45, 2.75) is 38.7 Å². The van der Waals surface area contributed by atoms with E-state index in [0.717, 1.165) is 25.3 Å². The first-order chi connectivity index (χ1) is 10.0. The van der Waals surface area contributed by atoms with Crippen LogP contribution in [0.4, 0.5) is 0 Å². The van der Waals surface area contributed by atoms with Gasteiger partial charge in [-0.2, -0.15) is 0 Å². The highest BCUT2D eigenvalue weighted by molar-refractivity contribution is 9.10. The number of rotatable bonds is 6. The normalized spacial score (nSPS) is 11.1. The molecule has 0 fully saturated rings. The second-order valence-electron chi connectivity index (χ2n) is 4.47. The third-order valence-electron chi connectivity index (χ3n) is 2.65. The molecular formula is C16H17BrO4. The number of carbonyl (C=O) groups is 1. The lowest BCUT2D eigenvalue weighted by molar-refractivity contribution is -0.142. The van der Waals surface area contributed by atoms with Crippen molar-refractivity contribution in [1.82, 2.24) is 0 Å². The summed E-state index contributed by atoms with van der Waals surface area (Å²) in [5.41, 5.74) is -0.0895. The molecule has 1 aromatic rings. The van der Waals surface area contributed by atoms with Gasteiger partial charge in [-0.3, -0.25) is 0 Å². The number of esters is 1. The smallest absolute Gasteiger partial charge is 0.351 e. The lowest BCUT2D eigenvalue weighted by atomic mass is 10.1. The Labute approximate surface area is 132 Å². The van der Waals surface area contributed by atoms with E-state index in [1.54, 1.807) is 6.07 Å². The number of carbonyl (C=O) groups excluding carboxylic acids is 1. The van der Waals surface area contributed by atoms with Crippen LogP contribution in [0.2, 0.25) is 0 Å². The Morgan fingerprint density at radius 2 is 2.33 bits per heavy atom. The minimum Gasteiger partial charge on any atom is -0.460 e. The van der Waals surface area contributed by atoms with E-state index >= 15 is 0 Å². The van der Waals surface area contributed by atoms with Gasteiger partial charge in [0.15, 0.2) is 0 Å². The number of unbranched alkanes of at least 4 members (excludes halogenated alkanes) is 2. The largest absolute Gasteiger partial charge is 0.460 e. The maximum absolute atomic E-state index is 11.4. The Morgan fingerprint density at radius 1 is 1.57 bits per heavy atom. The fourth-order valence-electron chi connectivity index (χ4n) is 1.60. The second kappa shape index (κ2) is 9.19. The molecule has 1 atom stereocenters. The molecule has 0 bridgehead atoms. The van der Waals surface area contributed by atoms with Crippen molar-refractivity contribution in [2.24, 2.45) is 0 Å². The first-order valence-corrected chi connectivity index (χ1v) is 7.42. The Bertz CT molecular complexity index is 607. The van der Waals surface area contributed by atoms with Crippen LogP contribution in [0, 0.1) is 11.8 Å². The predicted octanol–water partition coefficient (Wildman–Crippen LogP) is 3.43. The van der Waals surface area contributed by atoms with Crippen LogP contribution in [-0.4, -0.2) is 12.1 Å². The zero-order valence-corrected chi connectivity index (χ0v) is 13.4. The van der Waals surface area contributed by atoms with Crippen LogP contribution in [0.15, 0.2) is 38.7 Å². The van der Waals surface area contributed by atoms with Crippen LogP contribution in [0.5, 0.6) is 0 Å². The van der Waals surface area contributed by atoms with E-state index in [0.29, 0.717) is 16.5 Å². The molecule has 0 aliphatic rings. The Kier molecular flexibility index (Phi) is 7.55. The molecule has 0 saturated carbocycles. The summed E-state index contributed by atoms with van der Waals surface area (Å²) in [6, 6.07) is 1.63. The van der Waals surface area contributed by atoms with E-state index in [1.807, 2.05) is 6.92 Å². The average Bonchev–Trinajstić information content (AvgIpc) is 2.45. The minimum absolute atomic E-state index is 0.124. The third kappa shape index (κ3) is 6.96. The van der Waals surface area contributed by atoms with Crippen molar-refractivity contribution >= 4 is 21.9 Å². The quantitative estimate of drug-likeness (QED) is 0.340. The van der Waals surface area contributed by atoms with Crippen LogP contribution in [0.3, 0.4) is 0 Å². The fourth-order valence-corrected chi connectivity index (χ4v) is 1.92. The van der Waals surface area contributed by atoms with Crippen molar-refractivity contribution in [1.29, 1.82) is 0 Å². The molecule has 4 nitrogen and oxygen atoms in total. The van der Waals surface area contributed by atoms with Crippen LogP contribution in [0.25, 0.3) is 0 Å². The monoisotopic (exact) mass is 352 g/mol. The van der Waals surface area contributed by atoms with Gasteiger partial charge < -0.3 is 9.15 Å². The van der Waals surface area contributed by atoms with Crippen LogP contribution in [-0.2, 0) is 9.53 Å². The number of halogens is 1. The summed E-state index contributed by atoms with van der Waals surface area (Å²) in [4.78, 5) is 22.3. The summed E-state index contributed by atoms with van der Waals surface area (Å²) in [5, 5.41) is 0. The average molecular weight is 353 g/mol. The maximum Gasteiger partial charge on any atom is 0.351 e. The van der Waals surface area contributed by atoms with Gasteiger partial charge in [-0.25, -0.2) is 9.59 Å². The second-order valence-corrected chi connectivity index (χ2v) is 5.38. The molecule has 0 saturated heterocycles. The van der Waals surface area contributed by atoms with Gasteiger partial charge in [-0.1, -0.05) is 18.4 Å². The van der Waals surface area contributed by atoms with Gasteiger partial charge in [-0.15, -0.1) is 0 Å². The van der Waals surface area contributed by atoms with Gasteiger partial charge in [0.25, 0.3) is 0 Å². The number of hydrogen-bond acceptors (Lipinski definition) is 4. The molecule has 0 amide bonds. The lowest BCUT2D eigenvalue weighted by Gasteiger charge is -2.10. The summed E-state index contributed by atoms with van der Waals surface area (Å²) in [6.45, 7) is 5.19. The SMILES string of the molecule is C=CC(=O)O[C@H](C)CCCCC#Cc1cc(Br)coc1=O. The molecule has 1 rings (SSSR count). The molecule has 0 N–H and O–H groups in total. The highest BCUT2D eigenvalue weighted by atomic mass is 79.9. The van der Waals surface area contributed by atoms with Crippen molar-refractivity contribution in [3.05, 3.63) is 45.4 Å². The Balaban J connectivity index is 2.30. The fraction of sp³-hybridized carbons (Fsp3) is 0.375. The van der Waals surface area contributed by atoms with Crippen LogP contribution in [0.1, 0.15) is 38.2 Å². The van der Waals surface area contributed by atoms with Crippen LogP contribution >= 0.6 is 15.9 Å². The summed E-state index contributed by atoms with van der Waals surface area (Å²) in [6.07, 6.45) is 5.59. The molecule has 5 heteroatoms. The number of ether oxygens (including phenoxy) is 1. The first-order valence-electron chi connectivity index (χ1n) is 6.63. The molecule has 0 radical (unpaired) electrons. The van der Waals surface area contributed by atoms with Crippen molar-refractivity contribution in [2.75, 3.05) is 0 Å². The summed E-state index contributed by atoms with van der Waals surface area (Å²) in [7, 11) is 0. The van der Waals surface area contributed by atoms with E-state index in [4.69, 9.17) is 9.15 Å². The molecule has 112 valence electrons. The van der Waals surface area contributed by atoms with Gasteiger partial charge in [0, 0.05) is 12.5 Å². The zero-order valence-electron chi connectivity index (χ0n) is 11.9. The molecule has 21 heavy (non-hydrogen) atoms. The third-order valence-corrected chi connectivity index (χ3v) is 3.07. The van der Waals surface area contributed by atoms with Gasteiger partial charge >= 0.3 is 11.6 Å². The van der Waals surface area contributed by atoms with E-state index in [9.17, 15) is 9.59 Å². The molecule has 1 aromatic heterocycles.